The summed E-state index contributed by atoms with van der Waals surface area (Å²) in [4.78, 5) is 40.8. The van der Waals surface area contributed by atoms with Gasteiger partial charge in [0.1, 0.15) is 12.1 Å². The SMILES string of the molecule is CCC(C)O[C@@](O)(C(=O)C(=O)N1CCCC[C@H]1C(=O)O[C@@H](C)[C@H](C)C[C@@H]1CC[C@@H](O)[C@H](O)C1)C(C)C. The molecule has 0 spiro atoms. The smallest absolute Gasteiger partial charge is 0.329 e. The van der Waals surface area contributed by atoms with Gasteiger partial charge in [-0.05, 0) is 77.0 Å². The lowest BCUT2D eigenvalue weighted by molar-refractivity contribution is -0.240. The molecule has 1 aliphatic heterocycles. The number of ether oxygens (including phenoxy) is 2. The molecule has 1 saturated carbocycles. The number of piperidine rings is 1. The molecule has 0 bridgehead atoms. The third-order valence-corrected chi connectivity index (χ3v) is 7.99. The number of Topliss-reactive ketones (excluding diaryl/α,β-unsaturated/α-hetero) is 1. The number of hydrogen-bond donors (Lipinski definition) is 3. The van der Waals surface area contributed by atoms with E-state index in [0.717, 1.165) is 19.3 Å². The van der Waals surface area contributed by atoms with Crippen molar-refractivity contribution >= 4 is 17.7 Å². The van der Waals surface area contributed by atoms with Crippen molar-refractivity contribution in [1.29, 1.82) is 0 Å². The Morgan fingerprint density at radius 2 is 1.67 bits per heavy atom. The first-order valence-corrected chi connectivity index (χ1v) is 13.6. The molecule has 0 aromatic rings. The molecule has 208 valence electrons. The van der Waals surface area contributed by atoms with Gasteiger partial charge in [0.05, 0.1) is 18.3 Å². The van der Waals surface area contributed by atoms with Gasteiger partial charge in [-0.15, -0.1) is 0 Å². The summed E-state index contributed by atoms with van der Waals surface area (Å²) >= 11 is 0. The highest BCUT2D eigenvalue weighted by Crippen LogP contribution is 2.32. The zero-order valence-electron chi connectivity index (χ0n) is 22.8. The molecule has 0 aromatic heterocycles. The predicted octanol–water partition coefficient (Wildman–Crippen LogP) is 2.58. The molecule has 36 heavy (non-hydrogen) atoms. The quantitative estimate of drug-likeness (QED) is 0.218. The van der Waals surface area contributed by atoms with Crippen molar-refractivity contribution in [3.8, 4) is 0 Å². The Hall–Kier alpha value is -1.55. The van der Waals surface area contributed by atoms with Crippen LogP contribution in [0.5, 0.6) is 0 Å². The molecule has 8 atom stereocenters. The van der Waals surface area contributed by atoms with Crippen molar-refractivity contribution in [3.63, 3.8) is 0 Å². The van der Waals surface area contributed by atoms with E-state index >= 15 is 0 Å². The van der Waals surface area contributed by atoms with Crippen molar-refractivity contribution in [3.05, 3.63) is 0 Å². The van der Waals surface area contributed by atoms with Crippen molar-refractivity contribution in [2.45, 2.75) is 129 Å². The highest BCUT2D eigenvalue weighted by molar-refractivity contribution is 6.39. The van der Waals surface area contributed by atoms with Crippen LogP contribution in [0.4, 0.5) is 0 Å². The summed E-state index contributed by atoms with van der Waals surface area (Å²) in [5.74, 6) is -5.19. The molecule has 1 unspecified atom stereocenters. The van der Waals surface area contributed by atoms with E-state index in [-0.39, 0.29) is 18.4 Å². The van der Waals surface area contributed by atoms with Crippen LogP contribution in [-0.2, 0) is 23.9 Å². The van der Waals surface area contributed by atoms with Crippen LogP contribution in [0.1, 0.15) is 92.9 Å². The highest BCUT2D eigenvalue weighted by atomic mass is 16.6. The molecule has 0 aromatic carbocycles. The number of ketones is 1. The summed E-state index contributed by atoms with van der Waals surface area (Å²) in [6.45, 7) is 10.8. The molecule has 1 aliphatic carbocycles. The second-order valence-electron chi connectivity index (χ2n) is 11.2. The van der Waals surface area contributed by atoms with E-state index in [4.69, 9.17) is 9.47 Å². The fourth-order valence-electron chi connectivity index (χ4n) is 5.07. The van der Waals surface area contributed by atoms with Crippen molar-refractivity contribution in [2.24, 2.45) is 17.8 Å². The number of carbonyl (C=O) groups is 3. The number of aliphatic hydroxyl groups excluding tert-OH is 2. The standard InChI is InChI=1S/C27H47NO8/c1-7-18(5)36-27(34,16(2)3)24(31)25(32)28-13-9-8-10-21(28)26(33)35-19(6)17(4)14-20-11-12-22(29)23(30)15-20/h16-23,29-30,34H,7-15H2,1-6H3/t17-,18?,19+,20+,21+,22-,23-,27-/m1/s1. The number of amides is 1. The van der Waals surface area contributed by atoms with Gasteiger partial charge in [-0.25, -0.2) is 4.79 Å². The first-order chi connectivity index (χ1) is 16.8. The third-order valence-electron chi connectivity index (χ3n) is 7.99. The lowest BCUT2D eigenvalue weighted by atomic mass is 9.79. The Balaban J connectivity index is 2.05. The fourth-order valence-corrected chi connectivity index (χ4v) is 5.07. The molecular formula is C27H47NO8. The maximum atomic E-state index is 13.3. The van der Waals surface area contributed by atoms with Crippen LogP contribution in [0.15, 0.2) is 0 Å². The summed E-state index contributed by atoms with van der Waals surface area (Å²) in [7, 11) is 0. The molecule has 1 heterocycles. The third kappa shape index (κ3) is 7.49. The number of hydrogen-bond acceptors (Lipinski definition) is 8. The first kappa shape index (κ1) is 30.7. The summed E-state index contributed by atoms with van der Waals surface area (Å²) in [6, 6.07) is -0.892. The van der Waals surface area contributed by atoms with Crippen molar-refractivity contribution in [1.82, 2.24) is 4.90 Å². The van der Waals surface area contributed by atoms with E-state index in [2.05, 4.69) is 0 Å². The Morgan fingerprint density at radius 1 is 1.00 bits per heavy atom. The minimum atomic E-state index is -2.27. The van der Waals surface area contributed by atoms with E-state index in [1.54, 1.807) is 20.8 Å². The lowest BCUT2D eigenvalue weighted by Gasteiger charge is -2.38. The Labute approximate surface area is 215 Å². The van der Waals surface area contributed by atoms with Gasteiger partial charge in [0.15, 0.2) is 0 Å². The molecule has 9 heteroatoms. The molecule has 1 amide bonds. The number of likely N-dealkylation sites (tertiary alicyclic amines) is 1. The molecular weight excluding hydrogens is 466 g/mol. The van der Waals surface area contributed by atoms with Crippen LogP contribution < -0.4 is 0 Å². The molecule has 2 fully saturated rings. The minimum absolute atomic E-state index is 0.0192. The van der Waals surface area contributed by atoms with Crippen LogP contribution in [0.2, 0.25) is 0 Å². The minimum Gasteiger partial charge on any atom is -0.461 e. The molecule has 1 saturated heterocycles. The molecule has 0 radical (unpaired) electrons. The van der Waals surface area contributed by atoms with Gasteiger partial charge in [-0.3, -0.25) is 9.59 Å². The summed E-state index contributed by atoms with van der Waals surface area (Å²) in [5.41, 5.74) is 0. The molecule has 2 aliphatic rings. The van der Waals surface area contributed by atoms with Gasteiger partial charge >= 0.3 is 5.97 Å². The maximum Gasteiger partial charge on any atom is 0.329 e. The maximum absolute atomic E-state index is 13.3. The van der Waals surface area contributed by atoms with Gasteiger partial charge in [0, 0.05) is 12.5 Å². The molecule has 9 nitrogen and oxygen atoms in total. The Bertz CT molecular complexity index is 758. The fraction of sp³-hybridized carbons (Fsp3) is 0.889. The lowest BCUT2D eigenvalue weighted by Crippen LogP contribution is -2.59. The van der Waals surface area contributed by atoms with E-state index in [0.29, 0.717) is 32.1 Å². The highest BCUT2D eigenvalue weighted by Gasteiger charge is 2.49. The Kier molecular flexibility index (Phi) is 11.3. The van der Waals surface area contributed by atoms with E-state index in [1.165, 1.54) is 4.90 Å². The second kappa shape index (κ2) is 13.3. The summed E-state index contributed by atoms with van der Waals surface area (Å²) in [6.07, 6.45) is 2.73. The van der Waals surface area contributed by atoms with Gasteiger partial charge in [0.25, 0.3) is 11.7 Å². The monoisotopic (exact) mass is 513 g/mol. The van der Waals surface area contributed by atoms with E-state index in [9.17, 15) is 29.7 Å². The number of rotatable bonds is 11. The van der Waals surface area contributed by atoms with Crippen LogP contribution in [0, 0.1) is 17.8 Å². The zero-order valence-corrected chi connectivity index (χ0v) is 22.8. The van der Waals surface area contributed by atoms with Gasteiger partial charge in [0.2, 0.25) is 5.79 Å². The van der Waals surface area contributed by atoms with Gasteiger partial charge in [-0.1, -0.05) is 27.7 Å². The normalized spacial score (nSPS) is 29.2. The van der Waals surface area contributed by atoms with Crippen LogP contribution in [0.25, 0.3) is 0 Å². The summed E-state index contributed by atoms with van der Waals surface area (Å²) < 4.78 is 11.4. The molecule has 3 N–H and O–H groups in total. The van der Waals surface area contributed by atoms with Crippen LogP contribution in [-0.4, -0.2) is 80.7 Å². The number of esters is 1. The van der Waals surface area contributed by atoms with Crippen LogP contribution in [0.3, 0.4) is 0 Å². The summed E-state index contributed by atoms with van der Waals surface area (Å²) in [5, 5.41) is 30.7. The van der Waals surface area contributed by atoms with Crippen molar-refractivity contribution in [2.75, 3.05) is 6.54 Å². The largest absolute Gasteiger partial charge is 0.461 e. The van der Waals surface area contributed by atoms with Gasteiger partial charge in [-0.2, -0.15) is 0 Å². The Morgan fingerprint density at radius 3 is 2.25 bits per heavy atom. The predicted molar refractivity (Wildman–Crippen MR) is 134 cm³/mol. The number of nitrogens with zero attached hydrogens (tertiary/aromatic N) is 1. The first-order valence-electron chi connectivity index (χ1n) is 13.6. The zero-order chi connectivity index (χ0) is 27.2. The average Bonchev–Trinajstić information content (AvgIpc) is 2.84. The molecule has 2 rings (SSSR count). The average molecular weight is 514 g/mol. The number of carbonyl (C=O) groups excluding carboxylic acids is 3. The number of aliphatic hydroxyl groups is 3. The van der Waals surface area contributed by atoms with Gasteiger partial charge < -0.3 is 29.7 Å². The van der Waals surface area contributed by atoms with E-state index < -0.39 is 59.8 Å². The second-order valence-corrected chi connectivity index (χ2v) is 11.2. The topological polar surface area (TPSA) is 134 Å². The van der Waals surface area contributed by atoms with Crippen molar-refractivity contribution < 1.29 is 39.2 Å². The van der Waals surface area contributed by atoms with E-state index in [1.807, 2.05) is 20.8 Å². The van der Waals surface area contributed by atoms with Crippen LogP contribution >= 0.6 is 0 Å².